The summed E-state index contributed by atoms with van der Waals surface area (Å²) in [5.41, 5.74) is -0.147. The summed E-state index contributed by atoms with van der Waals surface area (Å²) in [6.07, 6.45) is -4.27. The standard InChI is InChI=1S/C8H7F3N2O4/c1-4-5(17-8(9,10)11)3-12-7(13(14)15)6(4)16-2/h3H,1-2H3. The van der Waals surface area contributed by atoms with E-state index in [2.05, 4.69) is 14.5 Å². The summed E-state index contributed by atoms with van der Waals surface area (Å²) >= 11 is 0. The molecule has 0 saturated carbocycles. The molecule has 94 valence electrons. The van der Waals surface area contributed by atoms with Gasteiger partial charge in [-0.2, -0.15) is 0 Å². The number of alkyl halides is 3. The fourth-order valence-corrected chi connectivity index (χ4v) is 1.16. The molecule has 0 bridgehead atoms. The van der Waals surface area contributed by atoms with Crippen molar-refractivity contribution in [3.8, 4) is 11.5 Å². The summed E-state index contributed by atoms with van der Waals surface area (Å²) in [4.78, 5) is 12.9. The molecule has 0 radical (unpaired) electrons. The number of hydrogen-bond donors (Lipinski definition) is 0. The minimum Gasteiger partial charge on any atom is -0.489 e. The van der Waals surface area contributed by atoms with Gasteiger partial charge in [-0.15, -0.1) is 13.2 Å². The summed E-state index contributed by atoms with van der Waals surface area (Å²) in [6.45, 7) is 1.20. The van der Waals surface area contributed by atoms with Gasteiger partial charge in [-0.05, 0) is 16.8 Å². The molecule has 1 rings (SSSR count). The number of rotatable bonds is 3. The largest absolute Gasteiger partial charge is 0.573 e. The first-order valence-electron chi connectivity index (χ1n) is 4.20. The Hall–Kier alpha value is -2.06. The highest BCUT2D eigenvalue weighted by Gasteiger charge is 2.34. The topological polar surface area (TPSA) is 74.5 Å². The SMILES string of the molecule is COc1c([N+](=O)[O-])ncc(OC(F)(F)F)c1C. The van der Waals surface area contributed by atoms with Gasteiger partial charge in [-0.1, -0.05) is 0 Å². The summed E-state index contributed by atoms with van der Waals surface area (Å²) < 4.78 is 44.3. The fourth-order valence-electron chi connectivity index (χ4n) is 1.16. The smallest absolute Gasteiger partial charge is 0.489 e. The minimum atomic E-state index is -4.90. The van der Waals surface area contributed by atoms with E-state index in [1.165, 1.54) is 6.92 Å². The molecular weight excluding hydrogens is 245 g/mol. The first kappa shape index (κ1) is 13.0. The predicted octanol–water partition coefficient (Wildman–Crippen LogP) is 2.21. The number of aromatic nitrogens is 1. The Kier molecular flexibility index (Phi) is 3.39. The van der Waals surface area contributed by atoms with Gasteiger partial charge in [-0.25, -0.2) is 0 Å². The zero-order valence-corrected chi connectivity index (χ0v) is 8.74. The van der Waals surface area contributed by atoms with Crippen molar-refractivity contribution in [1.29, 1.82) is 0 Å². The normalized spacial score (nSPS) is 11.1. The van der Waals surface area contributed by atoms with E-state index in [9.17, 15) is 23.3 Å². The van der Waals surface area contributed by atoms with Crippen molar-refractivity contribution in [2.75, 3.05) is 7.11 Å². The van der Waals surface area contributed by atoms with E-state index in [4.69, 9.17) is 0 Å². The monoisotopic (exact) mass is 252 g/mol. The number of methoxy groups -OCH3 is 1. The molecule has 0 aliphatic rings. The average Bonchev–Trinajstić information content (AvgIpc) is 2.18. The minimum absolute atomic E-state index is 0.147. The molecule has 1 aromatic rings. The lowest BCUT2D eigenvalue weighted by Crippen LogP contribution is -2.18. The number of nitro groups is 1. The maximum absolute atomic E-state index is 12.0. The Morgan fingerprint density at radius 3 is 2.47 bits per heavy atom. The third-order valence-corrected chi connectivity index (χ3v) is 1.82. The average molecular weight is 252 g/mol. The van der Waals surface area contributed by atoms with Gasteiger partial charge in [0.05, 0.1) is 7.11 Å². The third-order valence-electron chi connectivity index (χ3n) is 1.82. The molecule has 0 saturated heterocycles. The lowest BCUT2D eigenvalue weighted by Gasteiger charge is -2.11. The van der Waals surface area contributed by atoms with Crippen molar-refractivity contribution < 1.29 is 27.6 Å². The van der Waals surface area contributed by atoms with Gasteiger partial charge in [0.2, 0.25) is 5.75 Å². The molecule has 9 heteroatoms. The number of ether oxygens (including phenoxy) is 2. The van der Waals surface area contributed by atoms with E-state index in [0.717, 1.165) is 7.11 Å². The van der Waals surface area contributed by atoms with Crippen LogP contribution in [0, 0.1) is 17.0 Å². The Morgan fingerprint density at radius 1 is 1.47 bits per heavy atom. The Labute approximate surface area is 93.1 Å². The molecule has 0 spiro atoms. The van der Waals surface area contributed by atoms with E-state index in [-0.39, 0.29) is 11.3 Å². The molecule has 0 amide bonds. The van der Waals surface area contributed by atoms with E-state index >= 15 is 0 Å². The molecule has 1 aromatic heterocycles. The third kappa shape index (κ3) is 2.95. The number of nitrogens with zero attached hydrogens (tertiary/aromatic N) is 2. The molecule has 0 aromatic carbocycles. The van der Waals surface area contributed by atoms with Crippen molar-refractivity contribution in [2.45, 2.75) is 13.3 Å². The van der Waals surface area contributed by atoms with Crippen molar-refractivity contribution in [3.05, 3.63) is 21.9 Å². The van der Waals surface area contributed by atoms with Gasteiger partial charge >= 0.3 is 12.2 Å². The Morgan fingerprint density at radius 2 is 2.06 bits per heavy atom. The summed E-state index contributed by atoms with van der Waals surface area (Å²) in [7, 11) is 1.09. The van der Waals surface area contributed by atoms with Crippen molar-refractivity contribution in [2.24, 2.45) is 0 Å². The predicted molar refractivity (Wildman–Crippen MR) is 48.9 cm³/mol. The van der Waals surface area contributed by atoms with Gasteiger partial charge in [0, 0.05) is 5.56 Å². The molecular formula is C8H7F3N2O4. The molecule has 0 unspecified atom stereocenters. The zero-order valence-electron chi connectivity index (χ0n) is 8.74. The zero-order chi connectivity index (χ0) is 13.2. The highest BCUT2D eigenvalue weighted by Crippen LogP contribution is 2.36. The van der Waals surface area contributed by atoms with Gasteiger partial charge in [0.15, 0.2) is 11.9 Å². The van der Waals surface area contributed by atoms with Crippen LogP contribution in [0.5, 0.6) is 11.5 Å². The van der Waals surface area contributed by atoms with Crippen LogP contribution in [0.1, 0.15) is 5.56 Å². The first-order valence-corrected chi connectivity index (χ1v) is 4.20. The second-order valence-corrected chi connectivity index (χ2v) is 2.91. The highest BCUT2D eigenvalue weighted by molar-refractivity contribution is 5.51. The lowest BCUT2D eigenvalue weighted by atomic mass is 10.2. The van der Waals surface area contributed by atoms with E-state index in [1.54, 1.807) is 0 Å². The van der Waals surface area contributed by atoms with Crippen LogP contribution in [0.25, 0.3) is 0 Å². The molecule has 17 heavy (non-hydrogen) atoms. The fraction of sp³-hybridized carbons (Fsp3) is 0.375. The second kappa shape index (κ2) is 4.44. The number of halogens is 3. The van der Waals surface area contributed by atoms with Crippen LogP contribution in [-0.2, 0) is 0 Å². The maximum Gasteiger partial charge on any atom is 0.573 e. The van der Waals surface area contributed by atoms with Gasteiger partial charge in [-0.3, -0.25) is 0 Å². The van der Waals surface area contributed by atoms with Crippen molar-refractivity contribution in [1.82, 2.24) is 4.98 Å². The van der Waals surface area contributed by atoms with E-state index in [0.29, 0.717) is 6.20 Å². The van der Waals surface area contributed by atoms with Gasteiger partial charge in [0.1, 0.15) is 0 Å². The van der Waals surface area contributed by atoms with Crippen LogP contribution in [0.4, 0.5) is 19.0 Å². The summed E-state index contributed by atoms with van der Waals surface area (Å²) in [5, 5.41) is 10.5. The number of pyridine rings is 1. The molecule has 0 N–H and O–H groups in total. The Balaban J connectivity index is 3.25. The number of hydrogen-bond acceptors (Lipinski definition) is 5. The van der Waals surface area contributed by atoms with Crippen LogP contribution in [0.15, 0.2) is 6.20 Å². The molecule has 0 atom stereocenters. The maximum atomic E-state index is 12.0. The molecule has 0 aliphatic heterocycles. The van der Waals surface area contributed by atoms with Gasteiger partial charge in [0.25, 0.3) is 0 Å². The summed E-state index contributed by atoms with van der Waals surface area (Å²) in [5.74, 6) is -1.67. The van der Waals surface area contributed by atoms with E-state index in [1.807, 2.05) is 0 Å². The summed E-state index contributed by atoms with van der Waals surface area (Å²) in [6, 6.07) is 0. The quantitative estimate of drug-likeness (QED) is 0.609. The van der Waals surface area contributed by atoms with Crippen LogP contribution in [0.2, 0.25) is 0 Å². The second-order valence-electron chi connectivity index (χ2n) is 2.91. The molecule has 6 nitrogen and oxygen atoms in total. The van der Waals surface area contributed by atoms with Gasteiger partial charge < -0.3 is 19.6 Å². The molecule has 0 fully saturated rings. The van der Waals surface area contributed by atoms with E-state index < -0.39 is 22.9 Å². The molecule has 1 heterocycles. The van der Waals surface area contributed by atoms with Crippen LogP contribution >= 0.6 is 0 Å². The van der Waals surface area contributed by atoms with Crippen molar-refractivity contribution in [3.63, 3.8) is 0 Å². The lowest BCUT2D eigenvalue weighted by molar-refractivity contribution is -0.390. The van der Waals surface area contributed by atoms with Crippen LogP contribution < -0.4 is 9.47 Å². The first-order chi connectivity index (χ1) is 7.76. The van der Waals surface area contributed by atoms with Crippen LogP contribution in [0.3, 0.4) is 0 Å². The van der Waals surface area contributed by atoms with Crippen molar-refractivity contribution >= 4 is 5.82 Å². The Bertz CT molecular complexity index is 447. The molecule has 0 aliphatic carbocycles. The van der Waals surface area contributed by atoms with Crippen LogP contribution in [-0.4, -0.2) is 23.4 Å². The highest BCUT2D eigenvalue weighted by atomic mass is 19.4.